The van der Waals surface area contributed by atoms with Crippen LogP contribution in [0.4, 0.5) is 8.78 Å². The lowest BCUT2D eigenvalue weighted by Crippen LogP contribution is -2.45. The van der Waals surface area contributed by atoms with Crippen molar-refractivity contribution in [3.63, 3.8) is 0 Å². The zero-order valence-electron chi connectivity index (χ0n) is 19.5. The van der Waals surface area contributed by atoms with E-state index in [9.17, 15) is 9.18 Å². The van der Waals surface area contributed by atoms with Crippen LogP contribution in [0, 0.1) is 29.0 Å². The highest BCUT2D eigenvalue weighted by molar-refractivity contribution is 8.15. The number of hydrogen-bond donors (Lipinski definition) is 1. The standard InChI is InChI=1S/C26H25F2N5OS/c1-15-7-8-33(14-15)23(34)26-11-22(26)25(2,32-24(30)35-26)18-9-16(3-5-19(18)27)10-20(28)21-6-4-17(12-29)13-31-21/h3-6,9-10,13,15,22H,7-8,11,14H2,1-2H3,(H2,30,32)/b20-10-/t15-,22+,25-,26+/m1/s1. The number of rotatable bonds is 4. The lowest BCUT2D eigenvalue weighted by Gasteiger charge is -2.35. The molecule has 4 atom stereocenters. The first-order valence-electron chi connectivity index (χ1n) is 11.5. The number of halogens is 2. The predicted molar refractivity (Wildman–Crippen MR) is 132 cm³/mol. The number of benzene rings is 1. The van der Waals surface area contributed by atoms with Gasteiger partial charge < -0.3 is 10.6 Å². The number of hydrogen-bond acceptors (Lipinski definition) is 6. The lowest BCUT2D eigenvalue weighted by molar-refractivity contribution is -0.130. The molecule has 6 nitrogen and oxygen atoms in total. The monoisotopic (exact) mass is 493 g/mol. The van der Waals surface area contributed by atoms with Crippen molar-refractivity contribution in [1.82, 2.24) is 9.88 Å². The smallest absolute Gasteiger partial charge is 0.239 e. The Labute approximate surface area is 206 Å². The number of nitriles is 1. The topological polar surface area (TPSA) is 95.4 Å². The van der Waals surface area contributed by atoms with Crippen LogP contribution in [0.1, 0.15) is 49.1 Å². The highest BCUT2D eigenvalue weighted by atomic mass is 32.2. The fourth-order valence-corrected chi connectivity index (χ4v) is 6.73. The number of aromatic nitrogens is 1. The molecule has 1 aromatic carbocycles. The molecule has 1 aromatic heterocycles. The minimum absolute atomic E-state index is 0.0512. The number of thioether (sulfide) groups is 1. The number of amidine groups is 1. The number of carbonyl (C=O) groups excluding carboxylic acids is 1. The van der Waals surface area contributed by atoms with Crippen LogP contribution >= 0.6 is 11.8 Å². The van der Waals surface area contributed by atoms with E-state index in [-0.39, 0.29) is 28.3 Å². The Kier molecular flexibility index (Phi) is 5.67. The molecular weight excluding hydrogens is 468 g/mol. The zero-order chi connectivity index (χ0) is 25.0. The van der Waals surface area contributed by atoms with E-state index in [2.05, 4.69) is 16.9 Å². The van der Waals surface area contributed by atoms with Crippen LogP contribution in [-0.2, 0) is 10.3 Å². The molecule has 2 fully saturated rings. The van der Waals surface area contributed by atoms with E-state index in [0.717, 1.165) is 19.5 Å². The van der Waals surface area contributed by atoms with E-state index in [1.165, 1.54) is 48.3 Å². The molecule has 1 saturated carbocycles. The first-order valence-corrected chi connectivity index (χ1v) is 12.4. The quantitative estimate of drug-likeness (QED) is 0.678. The summed E-state index contributed by atoms with van der Waals surface area (Å²) in [6.07, 6.45) is 4.09. The van der Waals surface area contributed by atoms with Gasteiger partial charge in [0.2, 0.25) is 5.91 Å². The second kappa shape index (κ2) is 8.45. The first kappa shape index (κ1) is 23.5. The summed E-state index contributed by atoms with van der Waals surface area (Å²) in [4.78, 5) is 24.0. The maximum absolute atomic E-state index is 15.2. The zero-order valence-corrected chi connectivity index (χ0v) is 20.3. The number of aliphatic imine (C=N–C) groups is 1. The highest BCUT2D eigenvalue weighted by Gasteiger charge is 2.71. The number of fused-ring (bicyclic) bond motifs is 1. The third kappa shape index (κ3) is 4.00. The molecule has 0 bridgehead atoms. The summed E-state index contributed by atoms with van der Waals surface area (Å²) in [5, 5.41) is 9.16. The maximum atomic E-state index is 15.2. The van der Waals surface area contributed by atoms with Crippen molar-refractivity contribution in [2.24, 2.45) is 22.6 Å². The molecule has 1 saturated heterocycles. The van der Waals surface area contributed by atoms with Crippen LogP contribution in [0.3, 0.4) is 0 Å². The van der Waals surface area contributed by atoms with Crippen LogP contribution in [0.15, 0.2) is 41.5 Å². The fraction of sp³-hybridized carbons (Fsp3) is 0.385. The highest BCUT2D eigenvalue weighted by Crippen LogP contribution is 2.66. The molecule has 35 heavy (non-hydrogen) atoms. The van der Waals surface area contributed by atoms with Gasteiger partial charge in [-0.2, -0.15) is 5.26 Å². The Morgan fingerprint density at radius 3 is 2.83 bits per heavy atom. The lowest BCUT2D eigenvalue weighted by atomic mass is 9.84. The maximum Gasteiger partial charge on any atom is 0.239 e. The van der Waals surface area contributed by atoms with Crippen LogP contribution in [0.2, 0.25) is 0 Å². The van der Waals surface area contributed by atoms with Gasteiger partial charge in [-0.3, -0.25) is 14.8 Å². The Balaban J connectivity index is 1.47. The van der Waals surface area contributed by atoms with Gasteiger partial charge in [-0.1, -0.05) is 24.8 Å². The van der Waals surface area contributed by atoms with Crippen molar-refractivity contribution < 1.29 is 13.6 Å². The predicted octanol–water partition coefficient (Wildman–Crippen LogP) is 4.46. The summed E-state index contributed by atoms with van der Waals surface area (Å²) in [7, 11) is 0. The van der Waals surface area contributed by atoms with E-state index >= 15 is 4.39 Å². The molecule has 1 aliphatic carbocycles. The fourth-order valence-electron chi connectivity index (χ4n) is 5.28. The van der Waals surface area contributed by atoms with Crippen LogP contribution in [0.25, 0.3) is 11.9 Å². The van der Waals surface area contributed by atoms with Gasteiger partial charge in [-0.25, -0.2) is 8.78 Å². The Morgan fingerprint density at radius 2 is 2.17 bits per heavy atom. The van der Waals surface area contributed by atoms with Gasteiger partial charge in [0.15, 0.2) is 5.17 Å². The van der Waals surface area contributed by atoms with Crippen molar-refractivity contribution in [3.05, 3.63) is 64.7 Å². The molecule has 0 unspecified atom stereocenters. The van der Waals surface area contributed by atoms with Gasteiger partial charge in [-0.05, 0) is 61.6 Å². The summed E-state index contributed by atoms with van der Waals surface area (Å²) in [5.41, 5.74) is 6.27. The third-order valence-electron chi connectivity index (χ3n) is 7.26. The molecule has 2 aromatic rings. The Morgan fingerprint density at radius 1 is 1.37 bits per heavy atom. The first-order chi connectivity index (χ1) is 16.7. The minimum atomic E-state index is -1.05. The minimum Gasteiger partial charge on any atom is -0.378 e. The van der Waals surface area contributed by atoms with E-state index in [4.69, 9.17) is 11.0 Å². The molecule has 5 rings (SSSR count). The number of amides is 1. The van der Waals surface area contributed by atoms with Crippen molar-refractivity contribution in [2.45, 2.75) is 37.0 Å². The third-order valence-corrected chi connectivity index (χ3v) is 8.55. The molecule has 3 heterocycles. The second-order valence-electron chi connectivity index (χ2n) is 9.77. The molecule has 180 valence electrons. The van der Waals surface area contributed by atoms with Gasteiger partial charge >= 0.3 is 0 Å². The molecule has 3 aliphatic rings. The van der Waals surface area contributed by atoms with Crippen LogP contribution < -0.4 is 5.73 Å². The van der Waals surface area contributed by atoms with Crippen LogP contribution in [-0.4, -0.2) is 38.8 Å². The van der Waals surface area contributed by atoms with E-state index in [1.54, 1.807) is 13.0 Å². The number of pyridine rings is 1. The molecule has 1 amide bonds. The summed E-state index contributed by atoms with van der Waals surface area (Å²) in [5.74, 6) is -0.795. The van der Waals surface area contributed by atoms with E-state index in [1.807, 2.05) is 11.0 Å². The molecule has 0 spiro atoms. The van der Waals surface area contributed by atoms with E-state index in [0.29, 0.717) is 23.5 Å². The Hall–Kier alpha value is -3.25. The van der Waals surface area contributed by atoms with Crippen molar-refractivity contribution in [3.8, 4) is 6.07 Å². The number of carbonyl (C=O) groups is 1. The van der Waals surface area contributed by atoms with Crippen molar-refractivity contribution in [2.75, 3.05) is 13.1 Å². The summed E-state index contributed by atoms with van der Waals surface area (Å²) in [6, 6.07) is 9.17. The summed E-state index contributed by atoms with van der Waals surface area (Å²) >= 11 is 1.29. The largest absolute Gasteiger partial charge is 0.378 e. The number of nitrogens with two attached hydrogens (primary N) is 1. The summed E-state index contributed by atoms with van der Waals surface area (Å²) < 4.78 is 29.3. The van der Waals surface area contributed by atoms with Crippen LogP contribution in [0.5, 0.6) is 0 Å². The van der Waals surface area contributed by atoms with Gasteiger partial charge in [-0.15, -0.1) is 0 Å². The molecular formula is C26H25F2N5OS. The second-order valence-corrected chi connectivity index (χ2v) is 11.1. The molecule has 9 heteroatoms. The van der Waals surface area contributed by atoms with Gasteiger partial charge in [0.1, 0.15) is 22.5 Å². The average molecular weight is 494 g/mol. The summed E-state index contributed by atoms with van der Waals surface area (Å²) in [6.45, 7) is 5.37. The van der Waals surface area contributed by atoms with E-state index < -0.39 is 21.9 Å². The Bertz CT molecular complexity index is 1300. The SMILES string of the molecule is C[C@@H]1CCN(C(=O)[C@]23C[C@H]2[C@@](C)(c2cc(/C=C(\F)c4ccc(C#N)cn4)ccc2F)N=C(N)S3)C1. The molecule has 2 aliphatic heterocycles. The van der Waals surface area contributed by atoms with Crippen molar-refractivity contribution >= 4 is 34.7 Å². The van der Waals surface area contributed by atoms with Gasteiger partial charge in [0, 0.05) is 30.8 Å². The average Bonchev–Trinajstić information content (AvgIpc) is 3.44. The normalized spacial score (nSPS) is 29.9. The van der Waals surface area contributed by atoms with Crippen molar-refractivity contribution in [1.29, 1.82) is 5.26 Å². The molecule has 2 N–H and O–H groups in total. The van der Waals surface area contributed by atoms with Gasteiger partial charge in [0.05, 0.1) is 16.8 Å². The van der Waals surface area contributed by atoms with Gasteiger partial charge in [0.25, 0.3) is 0 Å². The number of nitrogens with zero attached hydrogens (tertiary/aromatic N) is 4. The molecule has 0 radical (unpaired) electrons. The number of likely N-dealkylation sites (tertiary alicyclic amines) is 1.